The van der Waals surface area contributed by atoms with E-state index < -0.39 is 12.0 Å². The molecule has 0 saturated carbocycles. The molecule has 1 N–H and O–H groups in total. The molecular weight excluding hydrogens is 170 g/mol. The first-order valence-electron chi connectivity index (χ1n) is 3.09. The summed E-state index contributed by atoms with van der Waals surface area (Å²) in [6.07, 6.45) is 0. The molecular formula is C5H8NO4S-. The van der Waals surface area contributed by atoms with Crippen LogP contribution in [-0.4, -0.2) is 33.6 Å². The number of nitrogens with zero attached hydrogens (tertiary/aromatic N) is 1. The molecule has 1 saturated heterocycles. The standard InChI is InChI=1S/C5H8NO4S/c1-3-10-2-4(5(7)8)6(9)11-3/h3-4H,2H2,1H3,(H,7,8)/q-1. The molecule has 0 aromatic heterocycles. The summed E-state index contributed by atoms with van der Waals surface area (Å²) in [5.74, 6) is -1.14. The highest BCUT2D eigenvalue weighted by Gasteiger charge is 2.26. The maximum absolute atomic E-state index is 10.9. The minimum absolute atomic E-state index is 0.0347. The second-order valence-electron chi connectivity index (χ2n) is 2.15. The van der Waals surface area contributed by atoms with Crippen molar-refractivity contribution in [2.24, 2.45) is 0 Å². The second kappa shape index (κ2) is 3.40. The van der Waals surface area contributed by atoms with Crippen molar-refractivity contribution < 1.29 is 14.6 Å². The maximum Gasteiger partial charge on any atom is 0.323 e. The van der Waals surface area contributed by atoms with E-state index >= 15 is 0 Å². The predicted octanol–water partition coefficient (Wildman–Crippen LogP) is 0.264. The molecule has 6 heteroatoms. The third kappa shape index (κ3) is 2.06. The summed E-state index contributed by atoms with van der Waals surface area (Å²) < 4.78 is 5.43. The number of hydrogen-bond donors (Lipinski definition) is 1. The largest absolute Gasteiger partial charge is 0.775 e. The lowest BCUT2D eigenvalue weighted by Crippen LogP contribution is -2.42. The predicted molar refractivity (Wildman–Crippen MR) is 39.6 cm³/mol. The number of carboxylic acids is 1. The Labute approximate surface area is 68.0 Å². The van der Waals surface area contributed by atoms with Gasteiger partial charge in [0.15, 0.2) is 0 Å². The Balaban J connectivity index is 2.50. The molecule has 1 fully saturated rings. The molecule has 5 nitrogen and oxygen atoms in total. The Bertz CT molecular complexity index is 165. The fourth-order valence-electron chi connectivity index (χ4n) is 0.699. The molecule has 2 unspecified atom stereocenters. The van der Waals surface area contributed by atoms with Gasteiger partial charge < -0.3 is 19.5 Å². The molecule has 11 heavy (non-hydrogen) atoms. The van der Waals surface area contributed by atoms with Crippen LogP contribution in [0.1, 0.15) is 6.92 Å². The highest BCUT2D eigenvalue weighted by atomic mass is 32.2. The number of hydrogen-bond acceptors (Lipinski definition) is 5. The summed E-state index contributed by atoms with van der Waals surface area (Å²) in [6, 6.07) is -1.06. The first-order chi connectivity index (χ1) is 5.11. The summed E-state index contributed by atoms with van der Waals surface area (Å²) in [4.78, 5) is 10.3. The van der Waals surface area contributed by atoms with E-state index in [-0.39, 0.29) is 12.0 Å². The highest BCUT2D eigenvalue weighted by molar-refractivity contribution is 7.97. The van der Waals surface area contributed by atoms with Gasteiger partial charge in [-0.15, -0.1) is 0 Å². The number of aliphatic carboxylic acids is 1. The molecule has 1 aliphatic rings. The van der Waals surface area contributed by atoms with Crippen molar-refractivity contribution in [1.29, 1.82) is 0 Å². The Kier molecular flexibility index (Phi) is 2.72. The first kappa shape index (κ1) is 8.79. The lowest BCUT2D eigenvalue weighted by atomic mass is 10.3. The van der Waals surface area contributed by atoms with Gasteiger partial charge in [0, 0.05) is 0 Å². The van der Waals surface area contributed by atoms with Crippen molar-refractivity contribution in [2.45, 2.75) is 18.4 Å². The Morgan fingerprint density at radius 3 is 3.00 bits per heavy atom. The van der Waals surface area contributed by atoms with Gasteiger partial charge >= 0.3 is 5.97 Å². The van der Waals surface area contributed by atoms with Gasteiger partial charge in [0.05, 0.1) is 6.61 Å². The van der Waals surface area contributed by atoms with Crippen LogP contribution in [0.5, 0.6) is 0 Å². The van der Waals surface area contributed by atoms with Gasteiger partial charge in [-0.3, -0.25) is 4.79 Å². The summed E-state index contributed by atoms with van der Waals surface area (Å²) in [6.45, 7) is 1.67. The SMILES string of the molecule is CC1OCC(C(=O)O)N([O-])S1. The zero-order chi connectivity index (χ0) is 8.43. The fourth-order valence-corrected chi connectivity index (χ4v) is 1.43. The third-order valence-electron chi connectivity index (χ3n) is 1.28. The van der Waals surface area contributed by atoms with Gasteiger partial charge in [0.1, 0.15) is 11.5 Å². The normalized spacial score (nSPS) is 33.6. The van der Waals surface area contributed by atoms with Crippen LogP contribution in [-0.2, 0) is 9.53 Å². The van der Waals surface area contributed by atoms with Crippen LogP contribution in [0.4, 0.5) is 0 Å². The van der Waals surface area contributed by atoms with Crippen molar-refractivity contribution in [3.8, 4) is 0 Å². The van der Waals surface area contributed by atoms with Crippen LogP contribution in [0.25, 0.3) is 0 Å². The molecule has 0 radical (unpaired) electrons. The lowest BCUT2D eigenvalue weighted by Gasteiger charge is -2.39. The minimum Gasteiger partial charge on any atom is -0.775 e. The smallest absolute Gasteiger partial charge is 0.323 e. The van der Waals surface area contributed by atoms with Gasteiger partial charge in [-0.1, -0.05) is 11.9 Å². The van der Waals surface area contributed by atoms with Gasteiger partial charge in [0.2, 0.25) is 0 Å². The van der Waals surface area contributed by atoms with Crippen LogP contribution in [0.3, 0.4) is 0 Å². The average Bonchev–Trinajstić information content (AvgIpc) is 1.85. The Hall–Kier alpha value is -0.300. The van der Waals surface area contributed by atoms with E-state index in [0.717, 1.165) is 11.9 Å². The molecule has 0 spiro atoms. The summed E-state index contributed by atoms with van der Waals surface area (Å²) in [5.41, 5.74) is -0.247. The molecule has 1 heterocycles. The maximum atomic E-state index is 10.9. The van der Waals surface area contributed by atoms with E-state index in [1.54, 1.807) is 6.92 Å². The molecule has 0 amide bonds. The van der Waals surface area contributed by atoms with Crippen LogP contribution in [0, 0.1) is 5.21 Å². The number of carbonyl (C=O) groups is 1. The second-order valence-corrected chi connectivity index (χ2v) is 3.38. The quantitative estimate of drug-likeness (QED) is 0.581. The molecule has 2 atom stereocenters. The summed E-state index contributed by atoms with van der Waals surface area (Å²) in [7, 11) is 0. The topological polar surface area (TPSA) is 72.8 Å². The van der Waals surface area contributed by atoms with E-state index in [9.17, 15) is 10.0 Å². The zero-order valence-corrected chi connectivity index (χ0v) is 6.71. The first-order valence-corrected chi connectivity index (χ1v) is 3.92. The van der Waals surface area contributed by atoms with E-state index in [2.05, 4.69) is 0 Å². The van der Waals surface area contributed by atoms with E-state index in [1.165, 1.54) is 0 Å². The lowest BCUT2D eigenvalue weighted by molar-refractivity contribution is -0.143. The average molecular weight is 178 g/mol. The number of hydroxylamine groups is 1. The summed E-state index contributed by atoms with van der Waals surface area (Å²) in [5, 5.41) is 19.3. The van der Waals surface area contributed by atoms with Crippen LogP contribution in [0.15, 0.2) is 0 Å². The molecule has 0 bridgehead atoms. The number of carboxylic acid groups (broad SMARTS) is 1. The molecule has 64 valence electrons. The molecule has 1 rings (SSSR count). The van der Waals surface area contributed by atoms with Gasteiger partial charge in [0.25, 0.3) is 0 Å². The monoisotopic (exact) mass is 178 g/mol. The summed E-state index contributed by atoms with van der Waals surface area (Å²) >= 11 is 0.852. The molecule has 0 aromatic rings. The van der Waals surface area contributed by atoms with E-state index in [4.69, 9.17) is 9.84 Å². The van der Waals surface area contributed by atoms with Crippen molar-refractivity contribution in [3.05, 3.63) is 5.21 Å². The van der Waals surface area contributed by atoms with Gasteiger partial charge in [-0.25, -0.2) is 0 Å². The molecule has 1 aliphatic heterocycles. The van der Waals surface area contributed by atoms with Crippen LogP contribution >= 0.6 is 11.9 Å². The minimum atomic E-state index is -1.14. The van der Waals surface area contributed by atoms with Gasteiger partial charge in [-0.05, 0) is 6.92 Å². The van der Waals surface area contributed by atoms with Gasteiger partial charge in [-0.2, -0.15) is 0 Å². The van der Waals surface area contributed by atoms with Crippen molar-refractivity contribution in [2.75, 3.05) is 6.61 Å². The van der Waals surface area contributed by atoms with E-state index in [0.29, 0.717) is 4.47 Å². The molecule has 0 aromatic carbocycles. The van der Waals surface area contributed by atoms with Crippen LogP contribution < -0.4 is 0 Å². The molecule has 0 aliphatic carbocycles. The highest BCUT2D eigenvalue weighted by Crippen LogP contribution is 2.25. The van der Waals surface area contributed by atoms with Crippen LogP contribution in [0.2, 0.25) is 0 Å². The van der Waals surface area contributed by atoms with Crippen molar-refractivity contribution >= 4 is 17.9 Å². The van der Waals surface area contributed by atoms with E-state index in [1.807, 2.05) is 0 Å². The fraction of sp³-hybridized carbons (Fsp3) is 0.800. The van der Waals surface area contributed by atoms with Crippen molar-refractivity contribution in [1.82, 2.24) is 4.47 Å². The van der Waals surface area contributed by atoms with Crippen molar-refractivity contribution in [3.63, 3.8) is 0 Å². The Morgan fingerprint density at radius 1 is 1.91 bits per heavy atom. The third-order valence-corrected chi connectivity index (χ3v) is 2.18. The Morgan fingerprint density at radius 2 is 2.55 bits per heavy atom. The number of ether oxygens (including phenoxy) is 1. The zero-order valence-electron chi connectivity index (χ0n) is 5.89. The number of rotatable bonds is 1.